The van der Waals surface area contributed by atoms with Crippen molar-refractivity contribution >= 4 is 17.5 Å². The number of nitrogens with zero attached hydrogens (tertiary/aromatic N) is 2. The van der Waals surface area contributed by atoms with E-state index in [0.29, 0.717) is 5.56 Å². The van der Waals surface area contributed by atoms with Crippen molar-refractivity contribution in [1.82, 2.24) is 9.97 Å². The first-order chi connectivity index (χ1) is 10.8. The maximum absolute atomic E-state index is 12.7. The third kappa shape index (κ3) is 3.97. The molecule has 0 fully saturated rings. The second kappa shape index (κ2) is 6.64. The normalized spacial score (nSPS) is 11.2. The van der Waals surface area contributed by atoms with Crippen LogP contribution in [0, 0.1) is 6.92 Å². The summed E-state index contributed by atoms with van der Waals surface area (Å²) < 4.78 is 43.1. The Bertz CT molecular complexity index is 717. The van der Waals surface area contributed by atoms with Crippen molar-refractivity contribution in [2.24, 2.45) is 0 Å². The van der Waals surface area contributed by atoms with Gasteiger partial charge in [0, 0.05) is 11.3 Å². The zero-order valence-electron chi connectivity index (χ0n) is 12.4. The van der Waals surface area contributed by atoms with Gasteiger partial charge in [-0.05, 0) is 32.0 Å². The van der Waals surface area contributed by atoms with E-state index in [1.54, 1.807) is 13.8 Å². The topological polar surface area (TPSA) is 64.1 Å². The molecule has 5 nitrogen and oxygen atoms in total. The van der Waals surface area contributed by atoms with E-state index < -0.39 is 17.7 Å². The van der Waals surface area contributed by atoms with Gasteiger partial charge in [0.25, 0.3) is 0 Å². The Balaban J connectivity index is 2.31. The highest BCUT2D eigenvalue weighted by atomic mass is 19.4. The van der Waals surface area contributed by atoms with E-state index in [-0.39, 0.29) is 23.8 Å². The number of esters is 1. The Morgan fingerprint density at radius 3 is 2.70 bits per heavy atom. The number of carbonyl (C=O) groups is 1. The number of ether oxygens (including phenoxy) is 1. The van der Waals surface area contributed by atoms with Gasteiger partial charge in [-0.1, -0.05) is 6.07 Å². The number of alkyl halides is 3. The molecule has 1 N–H and O–H groups in total. The molecule has 0 unspecified atom stereocenters. The van der Waals surface area contributed by atoms with Crippen LogP contribution in [0.15, 0.2) is 30.6 Å². The summed E-state index contributed by atoms with van der Waals surface area (Å²) in [5, 5.41) is 2.76. The number of carbonyl (C=O) groups excluding carboxylic acids is 1. The lowest BCUT2D eigenvalue weighted by Gasteiger charge is -2.12. The highest BCUT2D eigenvalue weighted by Crippen LogP contribution is 2.31. The molecule has 0 saturated heterocycles. The van der Waals surface area contributed by atoms with Gasteiger partial charge < -0.3 is 10.1 Å². The molecule has 0 radical (unpaired) electrons. The molecule has 1 aromatic heterocycles. The molecule has 0 bridgehead atoms. The van der Waals surface area contributed by atoms with Crippen LogP contribution in [0.1, 0.15) is 28.5 Å². The minimum absolute atomic E-state index is 0.0660. The third-order valence-electron chi connectivity index (χ3n) is 3.01. The zero-order chi connectivity index (χ0) is 17.0. The van der Waals surface area contributed by atoms with Crippen molar-refractivity contribution in [2.45, 2.75) is 20.0 Å². The standard InChI is InChI=1S/C15H14F3N3O2/c1-3-23-14(22)12-9(2)13(20-8-19-12)21-11-6-4-5-10(7-11)15(16,17)18/h4-8H,3H2,1-2H3,(H,19,20,21). The van der Waals surface area contributed by atoms with Crippen molar-refractivity contribution in [1.29, 1.82) is 0 Å². The van der Waals surface area contributed by atoms with Gasteiger partial charge in [0.1, 0.15) is 12.1 Å². The predicted molar refractivity (Wildman–Crippen MR) is 77.5 cm³/mol. The third-order valence-corrected chi connectivity index (χ3v) is 3.01. The first-order valence-electron chi connectivity index (χ1n) is 6.76. The van der Waals surface area contributed by atoms with Crippen LogP contribution in [-0.4, -0.2) is 22.5 Å². The Labute approximate surface area is 130 Å². The molecule has 8 heteroatoms. The van der Waals surface area contributed by atoms with Gasteiger partial charge in [0.15, 0.2) is 5.69 Å². The zero-order valence-corrected chi connectivity index (χ0v) is 12.4. The molecule has 1 heterocycles. The molecule has 0 atom stereocenters. The second-order valence-electron chi connectivity index (χ2n) is 4.62. The number of aromatic nitrogens is 2. The van der Waals surface area contributed by atoms with Crippen LogP contribution in [0.25, 0.3) is 0 Å². The number of halogens is 3. The average Bonchev–Trinajstić information content (AvgIpc) is 2.49. The maximum Gasteiger partial charge on any atom is 0.416 e. The molecule has 0 aliphatic rings. The van der Waals surface area contributed by atoms with E-state index >= 15 is 0 Å². The summed E-state index contributed by atoms with van der Waals surface area (Å²) in [6.07, 6.45) is -3.29. The van der Waals surface area contributed by atoms with E-state index in [1.165, 1.54) is 12.1 Å². The van der Waals surface area contributed by atoms with Crippen molar-refractivity contribution < 1.29 is 22.7 Å². The summed E-state index contributed by atoms with van der Waals surface area (Å²) in [5.74, 6) is -0.373. The molecule has 0 saturated carbocycles. The molecule has 122 valence electrons. The Hall–Kier alpha value is -2.64. The van der Waals surface area contributed by atoms with Crippen LogP contribution in [0.2, 0.25) is 0 Å². The lowest BCUT2D eigenvalue weighted by atomic mass is 10.2. The van der Waals surface area contributed by atoms with Crippen molar-refractivity contribution in [3.8, 4) is 0 Å². The molecular weight excluding hydrogens is 311 g/mol. The van der Waals surface area contributed by atoms with Crippen LogP contribution >= 0.6 is 0 Å². The minimum atomic E-state index is -4.44. The molecule has 23 heavy (non-hydrogen) atoms. The lowest BCUT2D eigenvalue weighted by molar-refractivity contribution is -0.137. The number of rotatable bonds is 4. The largest absolute Gasteiger partial charge is 0.461 e. The molecule has 0 amide bonds. The van der Waals surface area contributed by atoms with Gasteiger partial charge in [-0.3, -0.25) is 0 Å². The summed E-state index contributed by atoms with van der Waals surface area (Å²) in [4.78, 5) is 19.6. The fourth-order valence-electron chi connectivity index (χ4n) is 1.89. The van der Waals surface area contributed by atoms with E-state index in [2.05, 4.69) is 15.3 Å². The molecule has 0 aliphatic carbocycles. The Morgan fingerprint density at radius 2 is 2.04 bits per heavy atom. The number of anilines is 2. The smallest absolute Gasteiger partial charge is 0.416 e. The van der Waals surface area contributed by atoms with E-state index in [0.717, 1.165) is 18.5 Å². The number of benzene rings is 1. The van der Waals surface area contributed by atoms with Crippen molar-refractivity contribution in [3.63, 3.8) is 0 Å². The van der Waals surface area contributed by atoms with Gasteiger partial charge in [-0.2, -0.15) is 13.2 Å². The predicted octanol–water partition coefficient (Wildman–Crippen LogP) is 3.72. The van der Waals surface area contributed by atoms with Crippen molar-refractivity contribution in [2.75, 3.05) is 11.9 Å². The molecule has 2 aromatic rings. The van der Waals surface area contributed by atoms with E-state index in [4.69, 9.17) is 4.74 Å². The first-order valence-corrected chi connectivity index (χ1v) is 6.76. The summed E-state index contributed by atoms with van der Waals surface area (Å²) in [5.41, 5.74) is -0.115. The number of hydrogen-bond acceptors (Lipinski definition) is 5. The molecule has 0 aliphatic heterocycles. The highest BCUT2D eigenvalue weighted by molar-refractivity contribution is 5.90. The SMILES string of the molecule is CCOC(=O)c1ncnc(Nc2cccc(C(F)(F)F)c2)c1C. The summed E-state index contributed by atoms with van der Waals surface area (Å²) in [6.45, 7) is 3.44. The molecule has 2 rings (SSSR count). The monoisotopic (exact) mass is 325 g/mol. The van der Waals surface area contributed by atoms with Gasteiger partial charge in [-0.15, -0.1) is 0 Å². The fraction of sp³-hybridized carbons (Fsp3) is 0.267. The Kier molecular flexibility index (Phi) is 4.83. The van der Waals surface area contributed by atoms with Crippen LogP contribution in [-0.2, 0) is 10.9 Å². The summed E-state index contributed by atoms with van der Waals surface area (Å²) >= 11 is 0. The highest BCUT2D eigenvalue weighted by Gasteiger charge is 2.30. The van der Waals surface area contributed by atoms with Gasteiger partial charge in [0.2, 0.25) is 0 Å². The first kappa shape index (κ1) is 16.7. The van der Waals surface area contributed by atoms with Crippen LogP contribution in [0.5, 0.6) is 0 Å². The second-order valence-corrected chi connectivity index (χ2v) is 4.62. The van der Waals surface area contributed by atoms with Crippen molar-refractivity contribution in [3.05, 3.63) is 47.4 Å². The van der Waals surface area contributed by atoms with Gasteiger partial charge >= 0.3 is 12.1 Å². The number of hydrogen-bond donors (Lipinski definition) is 1. The fourth-order valence-corrected chi connectivity index (χ4v) is 1.89. The van der Waals surface area contributed by atoms with Crippen LogP contribution in [0.4, 0.5) is 24.7 Å². The molecule has 0 spiro atoms. The Morgan fingerprint density at radius 1 is 1.30 bits per heavy atom. The van der Waals surface area contributed by atoms with E-state index in [1.807, 2.05) is 0 Å². The minimum Gasteiger partial charge on any atom is -0.461 e. The lowest BCUT2D eigenvalue weighted by Crippen LogP contribution is -2.12. The molecule has 1 aromatic carbocycles. The van der Waals surface area contributed by atoms with E-state index in [9.17, 15) is 18.0 Å². The van der Waals surface area contributed by atoms with Crippen LogP contribution in [0.3, 0.4) is 0 Å². The average molecular weight is 325 g/mol. The number of nitrogens with one attached hydrogen (secondary N) is 1. The molecular formula is C15H14F3N3O2. The maximum atomic E-state index is 12.7. The van der Waals surface area contributed by atoms with Crippen LogP contribution < -0.4 is 5.32 Å². The quantitative estimate of drug-likeness (QED) is 0.868. The van der Waals surface area contributed by atoms with Gasteiger partial charge in [-0.25, -0.2) is 14.8 Å². The van der Waals surface area contributed by atoms with Gasteiger partial charge in [0.05, 0.1) is 12.2 Å². The summed E-state index contributed by atoms with van der Waals surface area (Å²) in [6, 6.07) is 4.70. The summed E-state index contributed by atoms with van der Waals surface area (Å²) in [7, 11) is 0.